The van der Waals surface area contributed by atoms with Crippen LogP contribution in [0.3, 0.4) is 0 Å². The van der Waals surface area contributed by atoms with Gasteiger partial charge in [-0.1, -0.05) is 66.7 Å². The summed E-state index contributed by atoms with van der Waals surface area (Å²) < 4.78 is 0. The highest BCUT2D eigenvalue weighted by molar-refractivity contribution is 5.74. The van der Waals surface area contributed by atoms with E-state index in [0.717, 1.165) is 33.8 Å². The Morgan fingerprint density at radius 1 is 0.839 bits per heavy atom. The van der Waals surface area contributed by atoms with Crippen molar-refractivity contribution in [3.05, 3.63) is 102 Å². The van der Waals surface area contributed by atoms with Crippen LogP contribution in [0, 0.1) is 6.92 Å². The predicted molar refractivity (Wildman–Crippen MR) is 122 cm³/mol. The molecule has 0 aliphatic rings. The fourth-order valence-electron chi connectivity index (χ4n) is 3.72. The van der Waals surface area contributed by atoms with Crippen LogP contribution in [0.2, 0.25) is 0 Å². The summed E-state index contributed by atoms with van der Waals surface area (Å²) in [7, 11) is 0. The van der Waals surface area contributed by atoms with Gasteiger partial charge in [0.25, 0.3) is 0 Å². The van der Waals surface area contributed by atoms with Crippen LogP contribution in [0.25, 0.3) is 22.3 Å². The molecule has 0 spiro atoms. The van der Waals surface area contributed by atoms with Crippen molar-refractivity contribution in [1.29, 1.82) is 0 Å². The number of benzene rings is 3. The second kappa shape index (κ2) is 8.53. The lowest BCUT2D eigenvalue weighted by Gasteiger charge is -2.04. The van der Waals surface area contributed by atoms with E-state index in [1.165, 1.54) is 11.1 Å². The molecule has 0 fully saturated rings. The summed E-state index contributed by atoms with van der Waals surface area (Å²) in [4.78, 5) is 9.79. The molecule has 2 N–H and O–H groups in total. The molecule has 0 atom stereocenters. The first-order chi connectivity index (χ1) is 15.3. The predicted octanol–water partition coefficient (Wildman–Crippen LogP) is 4.47. The molecule has 0 saturated carbocycles. The van der Waals surface area contributed by atoms with E-state index in [-0.39, 0.29) is 0 Å². The molecule has 31 heavy (non-hydrogen) atoms. The molecule has 0 aliphatic carbocycles. The van der Waals surface area contributed by atoms with Crippen LogP contribution >= 0.6 is 0 Å². The topological polar surface area (TPSA) is 71.4 Å². The van der Waals surface area contributed by atoms with E-state index in [4.69, 9.17) is 10.2 Å². The molecule has 2 aromatic heterocycles. The summed E-state index contributed by atoms with van der Waals surface area (Å²) in [6, 6.07) is 26.6. The number of rotatable bonds is 7. The Hall–Kier alpha value is -3.77. The van der Waals surface area contributed by atoms with Crippen molar-refractivity contribution in [2.45, 2.75) is 26.6 Å². The van der Waals surface area contributed by atoms with Gasteiger partial charge in [0.1, 0.15) is 17.2 Å². The highest BCUT2D eigenvalue weighted by Crippen LogP contribution is 2.21. The maximum Gasteiger partial charge on any atom is 0.121 e. The van der Waals surface area contributed by atoms with Crippen LogP contribution in [-0.2, 0) is 19.6 Å². The highest BCUT2D eigenvalue weighted by atomic mass is 15.5. The molecule has 0 aliphatic heterocycles. The Kier molecular flexibility index (Phi) is 5.29. The van der Waals surface area contributed by atoms with E-state index in [0.29, 0.717) is 19.6 Å². The molecular formula is C25H24N6. The molecule has 6 nitrogen and oxygen atoms in total. The third-order valence-corrected chi connectivity index (χ3v) is 5.37. The zero-order chi connectivity index (χ0) is 21.0. The van der Waals surface area contributed by atoms with Gasteiger partial charge >= 0.3 is 0 Å². The number of aromatic nitrogens is 5. The molecule has 0 amide bonds. The summed E-state index contributed by atoms with van der Waals surface area (Å²) >= 11 is 0. The first-order valence-electron chi connectivity index (χ1n) is 10.4. The van der Waals surface area contributed by atoms with E-state index in [2.05, 4.69) is 58.6 Å². The van der Waals surface area contributed by atoms with E-state index >= 15 is 0 Å². The van der Waals surface area contributed by atoms with Crippen LogP contribution in [0.4, 0.5) is 0 Å². The van der Waals surface area contributed by atoms with Crippen molar-refractivity contribution in [2.24, 2.45) is 0 Å². The number of aryl methyl sites for hydroxylation is 1. The molecule has 6 heteroatoms. The van der Waals surface area contributed by atoms with Gasteiger partial charge in [-0.3, -0.25) is 0 Å². The number of nitrogens with zero attached hydrogens (tertiary/aromatic N) is 4. The number of hydrogen-bond acceptors (Lipinski definition) is 4. The molecule has 0 bridgehead atoms. The zero-order valence-electron chi connectivity index (χ0n) is 17.4. The largest absolute Gasteiger partial charge is 0.341 e. The van der Waals surface area contributed by atoms with Gasteiger partial charge in [-0.05, 0) is 30.2 Å². The van der Waals surface area contributed by atoms with Gasteiger partial charge in [-0.25, -0.2) is 4.98 Å². The van der Waals surface area contributed by atoms with E-state index in [9.17, 15) is 0 Å². The van der Waals surface area contributed by atoms with Gasteiger partial charge in [0.05, 0.1) is 24.1 Å². The fraction of sp³-hybridized carbons (Fsp3) is 0.160. The molecule has 0 saturated heterocycles. The van der Waals surface area contributed by atoms with Crippen LogP contribution in [0.1, 0.15) is 22.6 Å². The number of H-pyrrole nitrogens is 1. The van der Waals surface area contributed by atoms with Crippen LogP contribution in [-0.4, -0.2) is 25.0 Å². The van der Waals surface area contributed by atoms with Gasteiger partial charge in [0, 0.05) is 12.1 Å². The average molecular weight is 409 g/mol. The SMILES string of the molecule is Cc1ccccc1Cn1nc(CNCc2nc3ccccc3[nH]2)c(-c2ccccc2)n1. The summed E-state index contributed by atoms with van der Waals surface area (Å²) in [6.07, 6.45) is 0. The standard InChI is InChI=1S/C25H24N6/c1-18-9-5-6-12-20(18)17-31-29-23(25(30-31)19-10-3-2-4-11-19)15-26-16-24-27-21-13-7-8-14-22(21)28-24/h2-14,26H,15-17H2,1H3,(H,27,28). The van der Waals surface area contributed by atoms with Gasteiger partial charge < -0.3 is 10.3 Å². The molecular weight excluding hydrogens is 384 g/mol. The molecule has 0 radical (unpaired) electrons. The third-order valence-electron chi connectivity index (χ3n) is 5.37. The van der Waals surface area contributed by atoms with E-state index < -0.39 is 0 Å². The Balaban J connectivity index is 1.37. The molecule has 154 valence electrons. The van der Waals surface area contributed by atoms with Gasteiger partial charge in [-0.2, -0.15) is 15.0 Å². The highest BCUT2D eigenvalue weighted by Gasteiger charge is 2.14. The van der Waals surface area contributed by atoms with Crippen LogP contribution < -0.4 is 5.32 Å². The summed E-state index contributed by atoms with van der Waals surface area (Å²) in [6.45, 7) is 4.01. The van der Waals surface area contributed by atoms with E-state index in [1.807, 2.05) is 42.5 Å². The minimum atomic E-state index is 0.606. The lowest BCUT2D eigenvalue weighted by molar-refractivity contribution is 0.573. The quantitative estimate of drug-likeness (QED) is 0.417. The lowest BCUT2D eigenvalue weighted by Crippen LogP contribution is -2.15. The third kappa shape index (κ3) is 4.25. The van der Waals surface area contributed by atoms with E-state index in [1.54, 1.807) is 4.80 Å². The maximum atomic E-state index is 4.82. The van der Waals surface area contributed by atoms with Crippen molar-refractivity contribution < 1.29 is 0 Å². The van der Waals surface area contributed by atoms with Crippen LogP contribution in [0.5, 0.6) is 0 Å². The molecule has 5 aromatic rings. The molecule has 5 rings (SSSR count). The Labute approximate surface area is 181 Å². The zero-order valence-corrected chi connectivity index (χ0v) is 17.4. The summed E-state index contributed by atoms with van der Waals surface area (Å²) in [5.74, 6) is 0.912. The first kappa shape index (κ1) is 19.2. The Morgan fingerprint density at radius 2 is 1.61 bits per heavy atom. The number of para-hydroxylation sites is 2. The van der Waals surface area contributed by atoms with Crippen molar-refractivity contribution in [3.8, 4) is 11.3 Å². The molecule has 2 heterocycles. The number of aromatic amines is 1. The minimum absolute atomic E-state index is 0.606. The minimum Gasteiger partial charge on any atom is -0.341 e. The lowest BCUT2D eigenvalue weighted by atomic mass is 10.1. The summed E-state index contributed by atoms with van der Waals surface area (Å²) in [5.41, 5.74) is 7.40. The Morgan fingerprint density at radius 3 is 2.45 bits per heavy atom. The first-order valence-corrected chi connectivity index (χ1v) is 10.4. The number of hydrogen-bond donors (Lipinski definition) is 2. The second-order valence-corrected chi connectivity index (χ2v) is 7.62. The molecule has 0 unspecified atom stereocenters. The van der Waals surface area contributed by atoms with Crippen molar-refractivity contribution in [1.82, 2.24) is 30.3 Å². The van der Waals surface area contributed by atoms with Gasteiger partial charge in [0.15, 0.2) is 0 Å². The van der Waals surface area contributed by atoms with Crippen LogP contribution in [0.15, 0.2) is 78.9 Å². The monoisotopic (exact) mass is 408 g/mol. The number of nitrogens with one attached hydrogen (secondary N) is 2. The second-order valence-electron chi connectivity index (χ2n) is 7.62. The number of fused-ring (bicyclic) bond motifs is 1. The molecule has 3 aromatic carbocycles. The number of imidazole rings is 1. The normalized spacial score (nSPS) is 11.3. The average Bonchev–Trinajstić information content (AvgIpc) is 3.39. The summed E-state index contributed by atoms with van der Waals surface area (Å²) in [5, 5.41) is 13.1. The van der Waals surface area contributed by atoms with Crippen molar-refractivity contribution in [3.63, 3.8) is 0 Å². The Bertz CT molecular complexity index is 1270. The van der Waals surface area contributed by atoms with Gasteiger partial charge in [0.2, 0.25) is 0 Å². The smallest absolute Gasteiger partial charge is 0.121 e. The fourth-order valence-corrected chi connectivity index (χ4v) is 3.72. The van der Waals surface area contributed by atoms with Crippen molar-refractivity contribution >= 4 is 11.0 Å². The van der Waals surface area contributed by atoms with Crippen molar-refractivity contribution in [2.75, 3.05) is 0 Å². The maximum absolute atomic E-state index is 4.82. The van der Waals surface area contributed by atoms with Gasteiger partial charge in [-0.15, -0.1) is 0 Å².